The van der Waals surface area contributed by atoms with Crippen LogP contribution in [-0.4, -0.2) is 48.6 Å². The molecule has 0 radical (unpaired) electrons. The van der Waals surface area contributed by atoms with Crippen molar-refractivity contribution in [2.75, 3.05) is 37.6 Å². The van der Waals surface area contributed by atoms with Gasteiger partial charge in [0, 0.05) is 44.3 Å². The number of pyridine rings is 1. The van der Waals surface area contributed by atoms with Crippen LogP contribution in [0.1, 0.15) is 24.0 Å². The van der Waals surface area contributed by atoms with Crippen molar-refractivity contribution in [1.29, 1.82) is 0 Å². The average Bonchev–Trinajstić information content (AvgIpc) is 3.53. The van der Waals surface area contributed by atoms with Gasteiger partial charge in [-0.2, -0.15) is 13.2 Å². The number of hydrogen-bond acceptors (Lipinski definition) is 3. The number of aromatic nitrogens is 1. The van der Waals surface area contributed by atoms with Crippen molar-refractivity contribution >= 4 is 23.4 Å². The van der Waals surface area contributed by atoms with Crippen molar-refractivity contribution in [2.24, 2.45) is 0 Å². The van der Waals surface area contributed by atoms with Crippen LogP contribution in [0.3, 0.4) is 0 Å². The fourth-order valence-corrected chi connectivity index (χ4v) is 4.09. The van der Waals surface area contributed by atoms with E-state index in [9.17, 15) is 18.0 Å². The first-order valence-electron chi connectivity index (χ1n) is 9.84. The van der Waals surface area contributed by atoms with Gasteiger partial charge in [-0.3, -0.25) is 0 Å². The number of nitrogens with one attached hydrogen (secondary N) is 1. The lowest BCUT2D eigenvalue weighted by molar-refractivity contribution is -0.137. The second-order valence-corrected chi connectivity index (χ2v) is 8.21. The van der Waals surface area contributed by atoms with E-state index in [4.69, 9.17) is 11.6 Å². The summed E-state index contributed by atoms with van der Waals surface area (Å²) in [6, 6.07) is 11.0. The van der Waals surface area contributed by atoms with Crippen LogP contribution >= 0.6 is 11.6 Å². The Balaban J connectivity index is 1.31. The lowest BCUT2D eigenvalue weighted by atomic mass is 9.96. The molecule has 160 valence electrons. The molecule has 1 saturated carbocycles. The molecule has 2 heterocycles. The SMILES string of the molecule is O=C(NCC1(c2ccccc2)CC1)N1CCN(c2ncc(C(F)(F)F)cc2Cl)CC1. The van der Waals surface area contributed by atoms with Crippen LogP contribution in [0.4, 0.5) is 23.8 Å². The van der Waals surface area contributed by atoms with Gasteiger partial charge in [0.2, 0.25) is 0 Å². The molecule has 1 aliphatic carbocycles. The highest BCUT2D eigenvalue weighted by Crippen LogP contribution is 2.47. The summed E-state index contributed by atoms with van der Waals surface area (Å²) in [5.74, 6) is 0.311. The molecule has 1 aliphatic heterocycles. The molecule has 2 aromatic rings. The first-order valence-corrected chi connectivity index (χ1v) is 10.2. The van der Waals surface area contributed by atoms with E-state index >= 15 is 0 Å². The fourth-order valence-electron chi connectivity index (χ4n) is 3.81. The van der Waals surface area contributed by atoms with E-state index in [1.807, 2.05) is 18.2 Å². The second-order valence-electron chi connectivity index (χ2n) is 7.81. The predicted molar refractivity (Wildman–Crippen MR) is 109 cm³/mol. The highest BCUT2D eigenvalue weighted by atomic mass is 35.5. The van der Waals surface area contributed by atoms with E-state index in [1.165, 1.54) is 5.56 Å². The van der Waals surface area contributed by atoms with Crippen LogP contribution in [0.5, 0.6) is 0 Å². The smallest absolute Gasteiger partial charge is 0.352 e. The minimum atomic E-state index is -4.48. The first-order chi connectivity index (χ1) is 14.3. The Morgan fingerprint density at radius 2 is 1.80 bits per heavy atom. The lowest BCUT2D eigenvalue weighted by Gasteiger charge is -2.36. The topological polar surface area (TPSA) is 48.5 Å². The number of carbonyl (C=O) groups excluding carboxylic acids is 1. The number of benzene rings is 1. The predicted octanol–water partition coefficient (Wildman–Crippen LogP) is 4.32. The summed E-state index contributed by atoms with van der Waals surface area (Å²) >= 11 is 6.04. The maximum absolute atomic E-state index is 12.8. The number of alkyl halides is 3. The number of anilines is 1. The number of piperazine rings is 1. The van der Waals surface area contributed by atoms with Crippen molar-refractivity contribution in [3.63, 3.8) is 0 Å². The van der Waals surface area contributed by atoms with Gasteiger partial charge in [-0.1, -0.05) is 41.9 Å². The van der Waals surface area contributed by atoms with Gasteiger partial charge < -0.3 is 15.1 Å². The molecule has 2 amide bonds. The normalized spacial score (nSPS) is 18.3. The van der Waals surface area contributed by atoms with E-state index in [0.717, 1.165) is 25.1 Å². The van der Waals surface area contributed by atoms with Gasteiger partial charge in [0.05, 0.1) is 10.6 Å². The van der Waals surface area contributed by atoms with Gasteiger partial charge >= 0.3 is 12.2 Å². The number of amides is 2. The minimum absolute atomic E-state index is 0.0381. The van der Waals surface area contributed by atoms with E-state index in [0.29, 0.717) is 38.5 Å². The van der Waals surface area contributed by atoms with Gasteiger partial charge in [-0.25, -0.2) is 9.78 Å². The van der Waals surface area contributed by atoms with Gasteiger partial charge in [-0.15, -0.1) is 0 Å². The number of hydrogen-bond donors (Lipinski definition) is 1. The van der Waals surface area contributed by atoms with E-state index in [-0.39, 0.29) is 16.5 Å². The minimum Gasteiger partial charge on any atom is -0.352 e. The number of rotatable bonds is 4. The van der Waals surface area contributed by atoms with Crippen LogP contribution in [0.25, 0.3) is 0 Å². The summed E-state index contributed by atoms with van der Waals surface area (Å²) in [6.07, 6.45) is -1.57. The first kappa shape index (κ1) is 20.8. The molecule has 2 aliphatic rings. The Kier molecular flexibility index (Phi) is 5.53. The van der Waals surface area contributed by atoms with Gasteiger partial charge in [-0.05, 0) is 24.5 Å². The quantitative estimate of drug-likeness (QED) is 0.773. The van der Waals surface area contributed by atoms with E-state index < -0.39 is 11.7 Å². The summed E-state index contributed by atoms with van der Waals surface area (Å²) in [5.41, 5.74) is 0.413. The molecule has 0 bridgehead atoms. The standard InChI is InChI=1S/C21H22ClF3N4O/c22-17-12-16(21(23,24)25)13-26-18(17)28-8-10-29(11-9-28)19(30)27-14-20(6-7-20)15-4-2-1-3-5-15/h1-5,12-13H,6-11,14H2,(H,27,30). The molecular formula is C21H22ClF3N4O. The molecule has 1 saturated heterocycles. The summed E-state index contributed by atoms with van der Waals surface area (Å²) in [7, 11) is 0. The number of nitrogens with zero attached hydrogens (tertiary/aromatic N) is 3. The lowest BCUT2D eigenvalue weighted by Crippen LogP contribution is -2.53. The van der Waals surface area contributed by atoms with Crippen LogP contribution in [0.2, 0.25) is 5.02 Å². The monoisotopic (exact) mass is 438 g/mol. The molecule has 0 unspecified atom stereocenters. The zero-order chi connectivity index (χ0) is 21.4. The number of urea groups is 1. The molecule has 1 aromatic heterocycles. The molecule has 5 nitrogen and oxygen atoms in total. The highest BCUT2D eigenvalue weighted by molar-refractivity contribution is 6.33. The maximum Gasteiger partial charge on any atom is 0.417 e. The average molecular weight is 439 g/mol. The molecule has 0 spiro atoms. The summed E-state index contributed by atoms with van der Waals surface area (Å²) < 4.78 is 38.4. The van der Waals surface area contributed by atoms with Crippen LogP contribution in [0.15, 0.2) is 42.6 Å². The molecule has 0 atom stereocenters. The molecule has 4 rings (SSSR count). The Morgan fingerprint density at radius 1 is 1.13 bits per heavy atom. The Labute approximate surface area is 177 Å². The third-order valence-electron chi connectivity index (χ3n) is 5.83. The number of halogens is 4. The largest absolute Gasteiger partial charge is 0.417 e. The van der Waals surface area contributed by atoms with Gasteiger partial charge in [0.1, 0.15) is 5.82 Å². The third kappa shape index (κ3) is 4.33. The Morgan fingerprint density at radius 3 is 2.37 bits per heavy atom. The third-order valence-corrected chi connectivity index (χ3v) is 6.11. The Bertz CT molecular complexity index is 910. The second kappa shape index (κ2) is 7.98. The summed E-state index contributed by atoms with van der Waals surface area (Å²) in [5, 5.41) is 3.00. The zero-order valence-corrected chi connectivity index (χ0v) is 17.0. The molecular weight excluding hydrogens is 417 g/mol. The maximum atomic E-state index is 12.8. The molecule has 30 heavy (non-hydrogen) atoms. The van der Waals surface area contributed by atoms with Crippen molar-refractivity contribution in [3.05, 3.63) is 58.7 Å². The molecule has 1 N–H and O–H groups in total. The van der Waals surface area contributed by atoms with Crippen molar-refractivity contribution in [3.8, 4) is 0 Å². The molecule has 2 fully saturated rings. The van der Waals surface area contributed by atoms with E-state index in [1.54, 1.807) is 9.80 Å². The van der Waals surface area contributed by atoms with Crippen molar-refractivity contribution in [2.45, 2.75) is 24.4 Å². The highest BCUT2D eigenvalue weighted by Gasteiger charge is 2.44. The van der Waals surface area contributed by atoms with Crippen LogP contribution in [0, 0.1) is 0 Å². The molecule has 9 heteroatoms. The molecule has 1 aromatic carbocycles. The number of carbonyl (C=O) groups is 1. The fraction of sp³-hybridized carbons (Fsp3) is 0.429. The summed E-state index contributed by atoms with van der Waals surface area (Å²) in [4.78, 5) is 20.0. The van der Waals surface area contributed by atoms with Crippen molar-refractivity contribution < 1.29 is 18.0 Å². The summed E-state index contributed by atoms with van der Waals surface area (Å²) in [6.45, 7) is 2.40. The van der Waals surface area contributed by atoms with Gasteiger partial charge in [0.15, 0.2) is 0 Å². The van der Waals surface area contributed by atoms with Crippen LogP contribution in [-0.2, 0) is 11.6 Å². The van der Waals surface area contributed by atoms with E-state index in [2.05, 4.69) is 22.4 Å². The van der Waals surface area contributed by atoms with Gasteiger partial charge in [0.25, 0.3) is 0 Å². The zero-order valence-electron chi connectivity index (χ0n) is 16.3. The Hall–Kier alpha value is -2.48. The van der Waals surface area contributed by atoms with Crippen molar-refractivity contribution in [1.82, 2.24) is 15.2 Å². The van der Waals surface area contributed by atoms with Crippen LogP contribution < -0.4 is 10.2 Å².